The Morgan fingerprint density at radius 3 is 2.69 bits per heavy atom. The van der Waals surface area contributed by atoms with Crippen molar-refractivity contribution in [3.63, 3.8) is 0 Å². The van der Waals surface area contributed by atoms with Crippen molar-refractivity contribution in [2.45, 2.75) is 57.0 Å². The molecule has 0 aromatic heterocycles. The van der Waals surface area contributed by atoms with Crippen LogP contribution in [0.2, 0.25) is 0 Å². The van der Waals surface area contributed by atoms with E-state index in [9.17, 15) is 4.79 Å². The van der Waals surface area contributed by atoms with Crippen molar-refractivity contribution in [1.82, 2.24) is 5.43 Å². The van der Waals surface area contributed by atoms with E-state index >= 15 is 0 Å². The summed E-state index contributed by atoms with van der Waals surface area (Å²) in [7, 11) is 1.70. The van der Waals surface area contributed by atoms with Crippen LogP contribution in [-0.4, -0.2) is 19.1 Å². The molecule has 0 bridgehead atoms. The second-order valence-corrected chi connectivity index (χ2v) is 7.90. The van der Waals surface area contributed by atoms with Crippen LogP contribution in [0.5, 0.6) is 11.5 Å². The molecule has 0 unspecified atom stereocenters. The molecule has 26 heavy (non-hydrogen) atoms. The Morgan fingerprint density at radius 2 is 2.00 bits per heavy atom. The number of carbonyl (C=O) groups excluding carboxylic acids is 1. The number of carbonyl (C=O) groups is 1. The number of hydrogen-bond donors (Lipinski definition) is 2. The Balaban J connectivity index is 1.48. The summed E-state index contributed by atoms with van der Waals surface area (Å²) in [4.78, 5) is 11.7. The molecule has 3 N–H and O–H groups in total. The summed E-state index contributed by atoms with van der Waals surface area (Å²) >= 11 is 0. The zero-order valence-corrected chi connectivity index (χ0v) is 15.4. The fourth-order valence-corrected chi connectivity index (χ4v) is 4.96. The molecule has 5 nitrogen and oxygen atoms in total. The second-order valence-electron chi connectivity index (χ2n) is 7.90. The highest BCUT2D eigenvalue weighted by Gasteiger charge is 2.39. The number of amides is 1. The SMILES string of the molecule is COc1ccc([C@@H]2C[C@H]3CC(C(=O)NN)=C[C@H]3C2)cc1OC1CCCC1. The van der Waals surface area contributed by atoms with Gasteiger partial charge in [-0.25, -0.2) is 5.84 Å². The molecule has 2 saturated carbocycles. The lowest BCUT2D eigenvalue weighted by Gasteiger charge is -2.19. The van der Waals surface area contributed by atoms with E-state index in [1.807, 2.05) is 6.07 Å². The molecule has 0 aliphatic heterocycles. The van der Waals surface area contributed by atoms with Gasteiger partial charge in [0, 0.05) is 5.57 Å². The van der Waals surface area contributed by atoms with Gasteiger partial charge in [-0.2, -0.15) is 0 Å². The number of benzene rings is 1. The van der Waals surface area contributed by atoms with Gasteiger partial charge in [0.15, 0.2) is 11.5 Å². The highest BCUT2D eigenvalue weighted by Crippen LogP contribution is 2.50. The van der Waals surface area contributed by atoms with E-state index in [0.717, 1.165) is 49.2 Å². The first-order valence-corrected chi connectivity index (χ1v) is 9.74. The highest BCUT2D eigenvalue weighted by atomic mass is 16.5. The number of rotatable bonds is 5. The topological polar surface area (TPSA) is 73.6 Å². The minimum absolute atomic E-state index is 0.132. The molecule has 0 heterocycles. The van der Waals surface area contributed by atoms with E-state index in [-0.39, 0.29) is 5.91 Å². The molecule has 5 heteroatoms. The monoisotopic (exact) mass is 356 g/mol. The highest BCUT2D eigenvalue weighted by molar-refractivity contribution is 5.93. The number of nitrogens with two attached hydrogens (primary N) is 1. The molecular weight excluding hydrogens is 328 g/mol. The van der Waals surface area contributed by atoms with Crippen LogP contribution in [0.15, 0.2) is 29.8 Å². The molecule has 1 aromatic carbocycles. The lowest BCUT2D eigenvalue weighted by atomic mass is 9.94. The third-order valence-corrected chi connectivity index (χ3v) is 6.32. The summed E-state index contributed by atoms with van der Waals surface area (Å²) in [6.45, 7) is 0. The number of ether oxygens (including phenoxy) is 2. The zero-order chi connectivity index (χ0) is 18.1. The van der Waals surface area contributed by atoms with Crippen molar-refractivity contribution in [3.8, 4) is 11.5 Å². The summed E-state index contributed by atoms with van der Waals surface area (Å²) in [5, 5.41) is 0. The third-order valence-electron chi connectivity index (χ3n) is 6.32. The van der Waals surface area contributed by atoms with E-state index in [1.165, 1.54) is 18.4 Å². The maximum atomic E-state index is 11.7. The first-order valence-electron chi connectivity index (χ1n) is 9.74. The molecule has 0 radical (unpaired) electrons. The molecule has 1 amide bonds. The van der Waals surface area contributed by atoms with Gasteiger partial charge in [-0.3, -0.25) is 10.2 Å². The predicted octanol–water partition coefficient (Wildman–Crippen LogP) is 3.45. The maximum absolute atomic E-state index is 11.7. The Kier molecular flexibility index (Phi) is 4.90. The molecular formula is C21H28N2O3. The Hall–Kier alpha value is -2.01. The summed E-state index contributed by atoms with van der Waals surface area (Å²) in [6.07, 6.45) is 10.3. The van der Waals surface area contributed by atoms with Crippen LogP contribution in [0.4, 0.5) is 0 Å². The van der Waals surface area contributed by atoms with Crippen molar-refractivity contribution >= 4 is 5.91 Å². The average molecular weight is 356 g/mol. The van der Waals surface area contributed by atoms with Gasteiger partial charge in [-0.05, 0) is 80.4 Å². The number of hydrogen-bond acceptors (Lipinski definition) is 4. The van der Waals surface area contributed by atoms with Crippen LogP contribution in [0.25, 0.3) is 0 Å². The van der Waals surface area contributed by atoms with E-state index in [2.05, 4.69) is 23.6 Å². The van der Waals surface area contributed by atoms with Crippen molar-refractivity contribution in [1.29, 1.82) is 0 Å². The summed E-state index contributed by atoms with van der Waals surface area (Å²) in [5.74, 6) is 8.38. The Bertz CT molecular complexity index is 709. The summed E-state index contributed by atoms with van der Waals surface area (Å²) in [5.41, 5.74) is 4.43. The van der Waals surface area contributed by atoms with Crippen LogP contribution >= 0.6 is 0 Å². The van der Waals surface area contributed by atoms with Gasteiger partial charge in [0.2, 0.25) is 0 Å². The molecule has 2 fully saturated rings. The van der Waals surface area contributed by atoms with E-state index in [1.54, 1.807) is 7.11 Å². The maximum Gasteiger partial charge on any atom is 0.260 e. The van der Waals surface area contributed by atoms with E-state index in [0.29, 0.717) is 23.9 Å². The fourth-order valence-electron chi connectivity index (χ4n) is 4.96. The quantitative estimate of drug-likeness (QED) is 0.481. The Labute approximate surface area is 154 Å². The van der Waals surface area contributed by atoms with Gasteiger partial charge >= 0.3 is 0 Å². The van der Waals surface area contributed by atoms with Gasteiger partial charge in [-0.15, -0.1) is 0 Å². The normalized spacial score (nSPS) is 27.9. The zero-order valence-electron chi connectivity index (χ0n) is 15.4. The minimum atomic E-state index is -0.132. The Morgan fingerprint density at radius 1 is 1.19 bits per heavy atom. The number of allylic oxidation sites excluding steroid dienone is 1. The molecule has 3 aliphatic rings. The predicted molar refractivity (Wildman–Crippen MR) is 99.9 cm³/mol. The van der Waals surface area contributed by atoms with Gasteiger partial charge in [0.25, 0.3) is 5.91 Å². The van der Waals surface area contributed by atoms with E-state index in [4.69, 9.17) is 15.3 Å². The molecule has 3 atom stereocenters. The first-order chi connectivity index (χ1) is 12.7. The van der Waals surface area contributed by atoms with Gasteiger partial charge in [0.1, 0.15) is 0 Å². The molecule has 0 saturated heterocycles. The van der Waals surface area contributed by atoms with Crippen LogP contribution in [0, 0.1) is 11.8 Å². The van der Waals surface area contributed by atoms with Crippen molar-refractivity contribution in [2.75, 3.05) is 7.11 Å². The summed E-state index contributed by atoms with van der Waals surface area (Å²) < 4.78 is 11.8. The fraction of sp³-hybridized carbons (Fsp3) is 0.571. The average Bonchev–Trinajstić information content (AvgIpc) is 3.37. The van der Waals surface area contributed by atoms with Crippen molar-refractivity contribution < 1.29 is 14.3 Å². The number of fused-ring (bicyclic) bond motifs is 1. The van der Waals surface area contributed by atoms with E-state index < -0.39 is 0 Å². The smallest absolute Gasteiger partial charge is 0.260 e. The second kappa shape index (κ2) is 7.31. The first kappa shape index (κ1) is 17.4. The molecule has 4 rings (SSSR count). The minimum Gasteiger partial charge on any atom is -0.493 e. The van der Waals surface area contributed by atoms with Crippen molar-refractivity contribution in [2.24, 2.45) is 17.7 Å². The van der Waals surface area contributed by atoms with Crippen molar-refractivity contribution in [3.05, 3.63) is 35.4 Å². The lowest BCUT2D eigenvalue weighted by molar-refractivity contribution is -0.117. The number of nitrogens with one attached hydrogen (secondary N) is 1. The molecule has 3 aliphatic carbocycles. The number of hydrazine groups is 1. The molecule has 140 valence electrons. The van der Waals surface area contributed by atoms with Crippen LogP contribution < -0.4 is 20.7 Å². The largest absolute Gasteiger partial charge is 0.493 e. The number of methoxy groups -OCH3 is 1. The van der Waals surface area contributed by atoms with Crippen LogP contribution in [0.1, 0.15) is 56.4 Å². The molecule has 0 spiro atoms. The standard InChI is InChI=1S/C21H28N2O3/c1-25-19-7-6-13(12-20(19)26-18-4-2-3-5-18)14-8-15-10-17(21(24)23-22)11-16(15)9-14/h6-7,10,12,14-16,18H,2-5,8-9,11,22H2,1H3,(H,23,24)/t14-,15+,16-/m0/s1. The van der Waals surface area contributed by atoms with Crippen LogP contribution in [-0.2, 0) is 4.79 Å². The molecule has 1 aromatic rings. The van der Waals surface area contributed by atoms with Crippen LogP contribution in [0.3, 0.4) is 0 Å². The van der Waals surface area contributed by atoms with Gasteiger partial charge in [0.05, 0.1) is 13.2 Å². The van der Waals surface area contributed by atoms with Gasteiger partial charge in [-0.1, -0.05) is 12.1 Å². The third kappa shape index (κ3) is 3.32. The van der Waals surface area contributed by atoms with Gasteiger partial charge < -0.3 is 9.47 Å². The summed E-state index contributed by atoms with van der Waals surface area (Å²) in [6, 6.07) is 6.39. The lowest BCUT2D eigenvalue weighted by Crippen LogP contribution is -2.31.